The molecule has 0 aliphatic heterocycles. The molecule has 0 spiro atoms. The average Bonchev–Trinajstić information content (AvgIpc) is 3.10. The monoisotopic (exact) mass is 432 g/mol. The number of hydrogen-bond acceptors (Lipinski definition) is 0. The molecule has 2 aromatic carbocycles. The van der Waals surface area contributed by atoms with Crippen molar-refractivity contribution >= 4 is 53.7 Å². The Morgan fingerprint density at radius 2 is 1.52 bits per heavy atom. The van der Waals surface area contributed by atoms with E-state index in [1.165, 1.54) is 22.0 Å². The minimum atomic E-state index is 1.09. The van der Waals surface area contributed by atoms with Crippen LogP contribution < -0.4 is 0 Å². The average molecular weight is 434 g/mol. The maximum atomic E-state index is 3.54. The molecule has 0 fully saturated rings. The van der Waals surface area contributed by atoms with E-state index in [0.29, 0.717) is 0 Å². The van der Waals surface area contributed by atoms with Crippen molar-refractivity contribution in [2.75, 3.05) is 0 Å². The van der Waals surface area contributed by atoms with Crippen molar-refractivity contribution < 1.29 is 0 Å². The number of benzene rings is 2. The molecule has 0 saturated carbocycles. The molecule has 0 saturated heterocycles. The number of nitrogens with zero attached hydrogens (tertiary/aromatic N) is 1. The fourth-order valence-electron chi connectivity index (χ4n) is 2.82. The molecule has 0 radical (unpaired) electrons. The first-order valence-corrected chi connectivity index (χ1v) is 9.24. The molecule has 0 aliphatic rings. The molecule has 0 amide bonds. The van der Waals surface area contributed by atoms with Crippen LogP contribution >= 0.6 is 31.9 Å². The normalized spacial score (nSPS) is 10.8. The molecule has 0 atom stereocenters. The zero-order valence-corrected chi connectivity index (χ0v) is 16.5. The first kappa shape index (κ1) is 16.3. The molecule has 0 bridgehead atoms. The summed E-state index contributed by atoms with van der Waals surface area (Å²) in [7, 11) is 2.10. The predicted molar refractivity (Wildman–Crippen MR) is 107 cm³/mol. The highest BCUT2D eigenvalue weighted by molar-refractivity contribution is 9.10. The van der Waals surface area contributed by atoms with Gasteiger partial charge in [0, 0.05) is 37.8 Å². The van der Waals surface area contributed by atoms with Crippen molar-refractivity contribution in [1.82, 2.24) is 9.55 Å². The van der Waals surface area contributed by atoms with Gasteiger partial charge in [-0.3, -0.25) is 0 Å². The maximum Gasteiger partial charge on any atom is 0.0654 e. The summed E-state index contributed by atoms with van der Waals surface area (Å²) in [4.78, 5) is 3.51. The molecule has 4 heteroatoms. The van der Waals surface area contributed by atoms with Crippen LogP contribution in [0.3, 0.4) is 0 Å². The lowest BCUT2D eigenvalue weighted by Crippen LogP contribution is -1.90. The third-order valence-electron chi connectivity index (χ3n) is 3.86. The van der Waals surface area contributed by atoms with Gasteiger partial charge in [-0.2, -0.15) is 0 Å². The Balaban J connectivity index is 0.000000753. The first-order chi connectivity index (χ1) is 11.1. The second kappa shape index (κ2) is 6.54. The Labute approximate surface area is 152 Å². The van der Waals surface area contributed by atoms with Gasteiger partial charge in [0.15, 0.2) is 0 Å². The van der Waals surface area contributed by atoms with E-state index < -0.39 is 0 Å². The van der Waals surface area contributed by atoms with Crippen LogP contribution in [0.5, 0.6) is 0 Å². The van der Waals surface area contributed by atoms with Gasteiger partial charge in [0.1, 0.15) is 0 Å². The number of fused-ring (bicyclic) bond motifs is 2. The topological polar surface area (TPSA) is 20.7 Å². The van der Waals surface area contributed by atoms with E-state index in [2.05, 4.69) is 97.0 Å². The summed E-state index contributed by atoms with van der Waals surface area (Å²) >= 11 is 7.05. The van der Waals surface area contributed by atoms with Crippen molar-refractivity contribution in [3.8, 4) is 11.4 Å². The standard InChI is InChI=1S/C17H12Br2N2.C2H6/c1-21-16-5-4-12(18)6-11(16)8-17(21)15-7-10-2-3-13(19)9-14(10)20-15;1-2/h2-9,20H,1H3;1-2H3. The molecular weight excluding hydrogens is 416 g/mol. The van der Waals surface area contributed by atoms with E-state index in [0.717, 1.165) is 20.2 Å². The fraction of sp³-hybridized carbons (Fsp3) is 0.158. The zero-order valence-electron chi connectivity index (χ0n) is 13.3. The molecule has 2 heterocycles. The number of halogens is 2. The van der Waals surface area contributed by atoms with Gasteiger partial charge in [-0.15, -0.1) is 0 Å². The van der Waals surface area contributed by atoms with Crippen LogP contribution in [0.2, 0.25) is 0 Å². The van der Waals surface area contributed by atoms with Gasteiger partial charge in [0.2, 0.25) is 0 Å². The van der Waals surface area contributed by atoms with Crippen LogP contribution in [0, 0.1) is 0 Å². The summed E-state index contributed by atoms with van der Waals surface area (Å²) in [6.45, 7) is 4.00. The number of nitrogens with one attached hydrogen (secondary N) is 1. The molecule has 118 valence electrons. The van der Waals surface area contributed by atoms with E-state index in [-0.39, 0.29) is 0 Å². The molecule has 2 nitrogen and oxygen atoms in total. The Bertz CT molecular complexity index is 980. The van der Waals surface area contributed by atoms with Crippen molar-refractivity contribution in [2.24, 2.45) is 7.05 Å². The number of rotatable bonds is 1. The van der Waals surface area contributed by atoms with Crippen LogP contribution in [0.1, 0.15) is 13.8 Å². The van der Waals surface area contributed by atoms with E-state index in [9.17, 15) is 0 Å². The van der Waals surface area contributed by atoms with E-state index in [1.54, 1.807) is 0 Å². The van der Waals surface area contributed by atoms with Crippen molar-refractivity contribution in [1.29, 1.82) is 0 Å². The molecule has 23 heavy (non-hydrogen) atoms. The number of aromatic nitrogens is 2. The number of hydrogen-bond donors (Lipinski definition) is 1. The minimum absolute atomic E-state index is 1.09. The van der Waals surface area contributed by atoms with Crippen LogP contribution in [-0.4, -0.2) is 9.55 Å². The largest absolute Gasteiger partial charge is 0.353 e. The fourth-order valence-corrected chi connectivity index (χ4v) is 3.56. The highest BCUT2D eigenvalue weighted by Gasteiger charge is 2.10. The molecule has 0 aliphatic carbocycles. The Morgan fingerprint density at radius 1 is 0.826 bits per heavy atom. The second-order valence-electron chi connectivity index (χ2n) is 5.21. The van der Waals surface area contributed by atoms with Crippen molar-refractivity contribution in [2.45, 2.75) is 13.8 Å². The SMILES string of the molecule is CC.Cn1c(-c2cc3ccc(Br)cc3[nH]2)cc2cc(Br)ccc21. The highest BCUT2D eigenvalue weighted by atomic mass is 79.9. The van der Waals surface area contributed by atoms with Crippen LogP contribution in [0.15, 0.2) is 57.5 Å². The Hall–Kier alpha value is -1.52. The van der Waals surface area contributed by atoms with Gasteiger partial charge in [0.25, 0.3) is 0 Å². The summed E-state index contributed by atoms with van der Waals surface area (Å²) in [5, 5.41) is 2.46. The van der Waals surface area contributed by atoms with Crippen LogP contribution in [-0.2, 0) is 7.05 Å². The molecular formula is C19H18Br2N2. The quantitative estimate of drug-likeness (QED) is 0.337. The predicted octanol–water partition coefficient (Wildman–Crippen LogP) is 6.88. The summed E-state index contributed by atoms with van der Waals surface area (Å²) < 4.78 is 4.42. The number of aryl methyl sites for hydroxylation is 1. The Morgan fingerprint density at radius 3 is 2.30 bits per heavy atom. The summed E-state index contributed by atoms with van der Waals surface area (Å²) in [6.07, 6.45) is 0. The lowest BCUT2D eigenvalue weighted by atomic mass is 10.2. The number of aromatic amines is 1. The highest BCUT2D eigenvalue weighted by Crippen LogP contribution is 2.31. The van der Waals surface area contributed by atoms with Gasteiger partial charge in [0.05, 0.1) is 11.4 Å². The molecule has 2 aromatic heterocycles. The summed E-state index contributed by atoms with van der Waals surface area (Å²) in [5.74, 6) is 0. The smallest absolute Gasteiger partial charge is 0.0654 e. The second-order valence-corrected chi connectivity index (χ2v) is 7.04. The third-order valence-corrected chi connectivity index (χ3v) is 4.85. The molecule has 1 N–H and O–H groups in total. The lowest BCUT2D eigenvalue weighted by molar-refractivity contribution is 0.973. The molecule has 4 rings (SSSR count). The van der Waals surface area contributed by atoms with Gasteiger partial charge >= 0.3 is 0 Å². The van der Waals surface area contributed by atoms with Gasteiger partial charge in [-0.1, -0.05) is 51.8 Å². The van der Waals surface area contributed by atoms with Gasteiger partial charge in [-0.25, -0.2) is 0 Å². The van der Waals surface area contributed by atoms with Gasteiger partial charge < -0.3 is 9.55 Å². The maximum absolute atomic E-state index is 3.54. The zero-order chi connectivity index (χ0) is 16.6. The Kier molecular flexibility index (Phi) is 4.64. The van der Waals surface area contributed by atoms with Gasteiger partial charge in [-0.05, 0) is 42.5 Å². The third kappa shape index (κ3) is 2.98. The summed E-state index contributed by atoms with van der Waals surface area (Å²) in [5.41, 5.74) is 4.70. The lowest BCUT2D eigenvalue weighted by Gasteiger charge is -2.01. The minimum Gasteiger partial charge on any atom is -0.353 e. The van der Waals surface area contributed by atoms with Crippen molar-refractivity contribution in [3.05, 3.63) is 57.5 Å². The van der Waals surface area contributed by atoms with Crippen molar-refractivity contribution in [3.63, 3.8) is 0 Å². The van der Waals surface area contributed by atoms with E-state index >= 15 is 0 Å². The molecule has 0 unspecified atom stereocenters. The van der Waals surface area contributed by atoms with Crippen LogP contribution in [0.25, 0.3) is 33.2 Å². The van der Waals surface area contributed by atoms with Crippen LogP contribution in [0.4, 0.5) is 0 Å². The van der Waals surface area contributed by atoms with E-state index in [4.69, 9.17) is 0 Å². The molecule has 4 aromatic rings. The summed E-state index contributed by atoms with van der Waals surface area (Å²) in [6, 6.07) is 17.1. The first-order valence-electron chi connectivity index (χ1n) is 7.65. The number of H-pyrrole nitrogens is 1. The van der Waals surface area contributed by atoms with E-state index in [1.807, 2.05) is 13.8 Å².